The number of amides is 2. The summed E-state index contributed by atoms with van der Waals surface area (Å²) in [4.78, 5) is 27.0. The van der Waals surface area contributed by atoms with Gasteiger partial charge < -0.3 is 31.9 Å². The van der Waals surface area contributed by atoms with Gasteiger partial charge in [0.2, 0.25) is 11.8 Å². The van der Waals surface area contributed by atoms with Gasteiger partial charge in [-0.15, -0.1) is 0 Å². The summed E-state index contributed by atoms with van der Waals surface area (Å²) in [7, 11) is 0. The largest absolute Gasteiger partial charge is 0.381 e. The van der Waals surface area contributed by atoms with Gasteiger partial charge in [0.25, 0.3) is 0 Å². The van der Waals surface area contributed by atoms with E-state index in [1.807, 2.05) is 54.6 Å². The van der Waals surface area contributed by atoms with Crippen LogP contribution in [-0.4, -0.2) is 23.9 Å². The first-order chi connectivity index (χ1) is 26.3. The monoisotopic (exact) mass is 714 g/mol. The van der Waals surface area contributed by atoms with E-state index in [2.05, 4.69) is 93.4 Å². The second-order valence-corrected chi connectivity index (χ2v) is 15.0. The lowest BCUT2D eigenvalue weighted by Crippen LogP contribution is -2.25. The predicted octanol–water partition coefficient (Wildman–Crippen LogP) is 9.01. The highest BCUT2D eigenvalue weighted by molar-refractivity contribution is 5.99. The molecule has 0 unspecified atom stereocenters. The highest BCUT2D eigenvalue weighted by Crippen LogP contribution is 2.39. The zero-order valence-corrected chi connectivity index (χ0v) is 30.7. The number of hydrogen-bond acceptors (Lipinski definition) is 6. The maximum Gasteiger partial charge on any atom is 0.226 e. The van der Waals surface area contributed by atoms with E-state index in [9.17, 15) is 9.59 Å². The standard InChI is InChI=1S/C46H46N6O2/c1-29-22-30(2)48-41-24-33(18-21-38(41)47-29)23-37-27-43(53)51-42-26-36(25-35(46(42)49-37)20-17-32-12-7-4-8-13-32)40-28-44(54)50-39-15-9-14-34(45(39)52-40)19-16-31-10-5-3-6-11-31/h4,7-9,12-15,18,21,24-26,30-31,37,40,47-49,52H,1,3,5-6,10-11,22-23,27-28H2,2H3,(H,50,54)(H,51,53)/t30-,37+,40-/m0/s1. The van der Waals surface area contributed by atoms with Crippen LogP contribution in [0.15, 0.2) is 91.1 Å². The average Bonchev–Trinajstić information content (AvgIpc) is 3.51. The number of carbonyl (C=O) groups is 2. The van der Waals surface area contributed by atoms with Crippen molar-refractivity contribution < 1.29 is 9.59 Å². The molecule has 4 aromatic rings. The third-order valence-corrected chi connectivity index (χ3v) is 10.6. The number of rotatable bonds is 3. The Hall–Kier alpha value is -6.12. The molecule has 8 rings (SSSR count). The van der Waals surface area contributed by atoms with Crippen molar-refractivity contribution in [3.8, 4) is 23.7 Å². The van der Waals surface area contributed by atoms with Crippen molar-refractivity contribution in [1.29, 1.82) is 0 Å². The number of benzene rings is 4. The average molecular weight is 715 g/mol. The Labute approximate surface area is 318 Å². The summed E-state index contributed by atoms with van der Waals surface area (Å²) in [5.74, 6) is 14.0. The molecular formula is C46H46N6O2. The molecule has 272 valence electrons. The topological polar surface area (TPSA) is 106 Å². The number of hydrogen-bond donors (Lipinski definition) is 6. The van der Waals surface area contributed by atoms with Crippen LogP contribution in [-0.2, 0) is 16.0 Å². The number of fused-ring (bicyclic) bond motifs is 3. The molecule has 1 aliphatic carbocycles. The maximum atomic E-state index is 13.6. The molecule has 4 aromatic carbocycles. The molecule has 3 aliphatic heterocycles. The van der Waals surface area contributed by atoms with Crippen molar-refractivity contribution in [2.24, 2.45) is 5.92 Å². The van der Waals surface area contributed by atoms with Crippen LogP contribution in [0.4, 0.5) is 34.1 Å². The van der Waals surface area contributed by atoms with Crippen LogP contribution >= 0.6 is 0 Å². The third kappa shape index (κ3) is 8.09. The van der Waals surface area contributed by atoms with Crippen LogP contribution in [0, 0.1) is 29.6 Å². The number of carbonyl (C=O) groups excluding carboxylic acids is 2. The van der Waals surface area contributed by atoms with Gasteiger partial charge in [-0.3, -0.25) is 9.59 Å². The smallest absolute Gasteiger partial charge is 0.226 e. The predicted molar refractivity (Wildman–Crippen MR) is 220 cm³/mol. The van der Waals surface area contributed by atoms with Crippen LogP contribution in [0.25, 0.3) is 0 Å². The van der Waals surface area contributed by atoms with Gasteiger partial charge in [0.1, 0.15) is 0 Å². The highest BCUT2D eigenvalue weighted by Gasteiger charge is 2.29. The van der Waals surface area contributed by atoms with Crippen molar-refractivity contribution in [2.45, 2.75) is 82.8 Å². The Morgan fingerprint density at radius 3 is 2.31 bits per heavy atom. The molecule has 1 saturated carbocycles. The molecule has 3 atom stereocenters. The molecule has 8 heteroatoms. The lowest BCUT2D eigenvalue weighted by Gasteiger charge is -2.23. The molecule has 0 radical (unpaired) electrons. The van der Waals surface area contributed by atoms with Crippen molar-refractivity contribution in [1.82, 2.24) is 0 Å². The van der Waals surface area contributed by atoms with Crippen LogP contribution in [0.3, 0.4) is 0 Å². The molecule has 0 saturated heterocycles. The summed E-state index contributed by atoms with van der Waals surface area (Å²) in [5.41, 5.74) is 10.4. The summed E-state index contributed by atoms with van der Waals surface area (Å²) in [6.45, 7) is 6.31. The molecule has 54 heavy (non-hydrogen) atoms. The minimum atomic E-state index is -0.387. The van der Waals surface area contributed by atoms with Crippen LogP contribution in [0.5, 0.6) is 0 Å². The lowest BCUT2D eigenvalue weighted by atomic mass is 9.89. The van der Waals surface area contributed by atoms with Gasteiger partial charge >= 0.3 is 0 Å². The second-order valence-electron chi connectivity index (χ2n) is 15.0. The highest BCUT2D eigenvalue weighted by atomic mass is 16.2. The molecule has 1 fully saturated rings. The van der Waals surface area contributed by atoms with Crippen LogP contribution < -0.4 is 31.9 Å². The van der Waals surface area contributed by atoms with Crippen molar-refractivity contribution in [3.63, 3.8) is 0 Å². The Kier molecular flexibility index (Phi) is 10.0. The summed E-state index contributed by atoms with van der Waals surface area (Å²) in [6, 6.07) is 25.8. The normalized spacial score (nSPS) is 20.6. The second kappa shape index (κ2) is 15.5. The fourth-order valence-electron chi connectivity index (χ4n) is 8.00. The quantitative estimate of drug-likeness (QED) is 0.118. The number of nitrogens with one attached hydrogen (secondary N) is 6. The van der Waals surface area contributed by atoms with Gasteiger partial charge in [0.05, 0.1) is 52.2 Å². The van der Waals surface area contributed by atoms with E-state index in [1.165, 1.54) is 19.3 Å². The van der Waals surface area contributed by atoms with Gasteiger partial charge in [0, 0.05) is 47.7 Å². The Morgan fingerprint density at radius 1 is 0.667 bits per heavy atom. The summed E-state index contributed by atoms with van der Waals surface area (Å²) >= 11 is 0. The Bertz CT molecular complexity index is 2230. The molecule has 4 aliphatic rings. The van der Waals surface area contributed by atoms with Crippen molar-refractivity contribution in [3.05, 3.63) is 119 Å². The SMILES string of the molecule is C=C1C[C@H](C)Nc2cc(C[C@@H]3CC(=O)Nc4cc([C@@H]5CC(=O)Nc6cccc(C#CC7CCCCC7)c6N5)cc(C#Cc5ccccc5)c4N3)ccc2N1. The van der Waals surface area contributed by atoms with E-state index in [1.54, 1.807) is 0 Å². The first-order valence-corrected chi connectivity index (χ1v) is 19.2. The van der Waals surface area contributed by atoms with Gasteiger partial charge in [-0.25, -0.2) is 0 Å². The molecule has 3 heterocycles. The van der Waals surface area contributed by atoms with Gasteiger partial charge in [-0.2, -0.15) is 0 Å². The van der Waals surface area contributed by atoms with Gasteiger partial charge in [-0.05, 0) is 85.8 Å². The Morgan fingerprint density at radius 2 is 1.46 bits per heavy atom. The van der Waals surface area contributed by atoms with Crippen molar-refractivity contribution >= 4 is 45.9 Å². The third-order valence-electron chi connectivity index (χ3n) is 10.6. The molecule has 0 spiro atoms. The zero-order valence-electron chi connectivity index (χ0n) is 30.7. The summed E-state index contributed by atoms with van der Waals surface area (Å²) < 4.78 is 0. The first kappa shape index (κ1) is 34.9. The summed E-state index contributed by atoms with van der Waals surface area (Å²) in [6.07, 6.45) is 7.95. The fraction of sp³-hybridized carbons (Fsp3) is 0.304. The lowest BCUT2D eigenvalue weighted by molar-refractivity contribution is -0.117. The first-order valence-electron chi connectivity index (χ1n) is 19.2. The molecule has 8 nitrogen and oxygen atoms in total. The Balaban J connectivity index is 1.14. The molecule has 0 aromatic heterocycles. The van der Waals surface area contributed by atoms with E-state index >= 15 is 0 Å². The minimum Gasteiger partial charge on any atom is -0.381 e. The molecular weight excluding hydrogens is 669 g/mol. The number of anilines is 6. The van der Waals surface area contributed by atoms with E-state index in [0.717, 1.165) is 81.2 Å². The number of para-hydroxylation sites is 1. The molecule has 6 N–H and O–H groups in total. The van der Waals surface area contributed by atoms with Gasteiger partial charge in [0.15, 0.2) is 0 Å². The van der Waals surface area contributed by atoms with E-state index in [0.29, 0.717) is 18.0 Å². The summed E-state index contributed by atoms with van der Waals surface area (Å²) in [5, 5.41) is 20.7. The van der Waals surface area contributed by atoms with E-state index < -0.39 is 0 Å². The minimum absolute atomic E-state index is 0.0815. The molecule has 0 bridgehead atoms. The van der Waals surface area contributed by atoms with Crippen molar-refractivity contribution in [2.75, 3.05) is 31.9 Å². The molecule has 2 amide bonds. The fourth-order valence-corrected chi connectivity index (χ4v) is 8.00. The van der Waals surface area contributed by atoms with E-state index in [-0.39, 0.29) is 42.8 Å². The van der Waals surface area contributed by atoms with E-state index in [4.69, 9.17) is 0 Å². The van der Waals surface area contributed by atoms with Gasteiger partial charge in [-0.1, -0.05) is 79.9 Å². The zero-order chi connectivity index (χ0) is 37.0. The maximum absolute atomic E-state index is 13.6. The van der Waals surface area contributed by atoms with Crippen LogP contribution in [0.2, 0.25) is 0 Å². The van der Waals surface area contributed by atoms with Crippen LogP contribution in [0.1, 0.15) is 92.1 Å².